The van der Waals surface area contributed by atoms with Gasteiger partial charge in [0.15, 0.2) is 0 Å². The monoisotopic (exact) mass is 330 g/mol. The van der Waals surface area contributed by atoms with Crippen molar-refractivity contribution in [3.05, 3.63) is 29.8 Å². The summed E-state index contributed by atoms with van der Waals surface area (Å²) >= 11 is 0. The molecule has 1 spiro atoms. The Balaban J connectivity index is 2.02. The maximum Gasteiger partial charge on any atom is 0.410 e. The number of nitrogens with one attached hydrogen (secondary N) is 1. The fourth-order valence-corrected chi connectivity index (χ4v) is 4.18. The third kappa shape index (κ3) is 2.46. The van der Waals surface area contributed by atoms with Gasteiger partial charge in [-0.3, -0.25) is 4.79 Å². The minimum absolute atomic E-state index is 0.00606. The van der Waals surface area contributed by atoms with Crippen molar-refractivity contribution in [2.75, 3.05) is 11.9 Å². The van der Waals surface area contributed by atoms with Gasteiger partial charge in [0, 0.05) is 12.2 Å². The van der Waals surface area contributed by atoms with Gasteiger partial charge in [-0.2, -0.15) is 0 Å². The highest BCUT2D eigenvalue weighted by atomic mass is 16.6. The summed E-state index contributed by atoms with van der Waals surface area (Å²) in [6, 6.07) is 7.59. The summed E-state index contributed by atoms with van der Waals surface area (Å²) in [5, 5.41) is 3.01. The number of amides is 2. The van der Waals surface area contributed by atoms with Crippen LogP contribution in [-0.2, 0) is 14.9 Å². The number of hydrogen-bond donors (Lipinski definition) is 1. The molecule has 3 rings (SSSR count). The first-order chi connectivity index (χ1) is 11.2. The maximum atomic E-state index is 12.9. The SMILES string of the molecule is CC(C)[C@@H]1N(C(=O)OC(C)(C)C)CC[C@@]12C(=O)Nc1ccccc12. The molecule has 130 valence electrons. The van der Waals surface area contributed by atoms with Crippen LogP contribution in [0, 0.1) is 5.92 Å². The summed E-state index contributed by atoms with van der Waals surface area (Å²) in [6.45, 7) is 10.2. The van der Waals surface area contributed by atoms with Crippen LogP contribution in [0.25, 0.3) is 0 Å². The van der Waals surface area contributed by atoms with Gasteiger partial charge in [0.05, 0.1) is 11.5 Å². The number of carbonyl (C=O) groups excluding carboxylic acids is 2. The number of likely N-dealkylation sites (tertiary alicyclic amines) is 1. The van der Waals surface area contributed by atoms with Crippen LogP contribution >= 0.6 is 0 Å². The Morgan fingerprint density at radius 3 is 2.62 bits per heavy atom. The molecule has 1 N–H and O–H groups in total. The van der Waals surface area contributed by atoms with Crippen molar-refractivity contribution in [2.45, 2.75) is 58.1 Å². The van der Waals surface area contributed by atoms with Crippen molar-refractivity contribution in [2.24, 2.45) is 5.92 Å². The second-order valence-corrected chi connectivity index (χ2v) is 8.08. The average molecular weight is 330 g/mol. The van der Waals surface area contributed by atoms with E-state index in [2.05, 4.69) is 19.2 Å². The number of fused-ring (bicyclic) bond motifs is 2. The molecule has 0 aromatic heterocycles. The predicted molar refractivity (Wildman–Crippen MR) is 92.9 cm³/mol. The van der Waals surface area contributed by atoms with Crippen molar-refractivity contribution < 1.29 is 14.3 Å². The highest BCUT2D eigenvalue weighted by Gasteiger charge is 2.60. The normalized spacial score (nSPS) is 26.0. The quantitative estimate of drug-likeness (QED) is 0.857. The fraction of sp³-hybridized carbons (Fsp3) is 0.579. The molecule has 1 fully saturated rings. The molecule has 1 aromatic rings. The van der Waals surface area contributed by atoms with Crippen molar-refractivity contribution in [1.29, 1.82) is 0 Å². The molecule has 2 heterocycles. The Morgan fingerprint density at radius 1 is 1.33 bits per heavy atom. The zero-order valence-corrected chi connectivity index (χ0v) is 15.1. The van der Waals surface area contributed by atoms with Crippen molar-refractivity contribution in [1.82, 2.24) is 4.90 Å². The highest BCUT2D eigenvalue weighted by molar-refractivity contribution is 6.07. The van der Waals surface area contributed by atoms with E-state index in [0.717, 1.165) is 11.3 Å². The van der Waals surface area contributed by atoms with Gasteiger partial charge in [0.1, 0.15) is 5.60 Å². The Labute approximate surface area is 143 Å². The first kappa shape index (κ1) is 16.8. The molecule has 2 aliphatic heterocycles. The minimum atomic E-state index is -0.679. The van der Waals surface area contributed by atoms with Crippen LogP contribution in [0.5, 0.6) is 0 Å². The van der Waals surface area contributed by atoms with Gasteiger partial charge in [-0.1, -0.05) is 32.0 Å². The lowest BCUT2D eigenvalue weighted by Crippen LogP contribution is -2.52. The van der Waals surface area contributed by atoms with Crippen LogP contribution in [0.3, 0.4) is 0 Å². The molecule has 1 aromatic carbocycles. The molecular weight excluding hydrogens is 304 g/mol. The summed E-state index contributed by atoms with van der Waals surface area (Å²) in [4.78, 5) is 27.4. The van der Waals surface area contributed by atoms with Crippen molar-refractivity contribution in [3.63, 3.8) is 0 Å². The zero-order valence-electron chi connectivity index (χ0n) is 15.1. The maximum absolute atomic E-state index is 12.9. The second kappa shape index (κ2) is 5.50. The van der Waals surface area contributed by atoms with E-state index in [1.165, 1.54) is 0 Å². The molecule has 2 atom stereocenters. The van der Waals surface area contributed by atoms with Gasteiger partial charge in [-0.05, 0) is 44.7 Å². The number of ether oxygens (including phenoxy) is 1. The first-order valence-electron chi connectivity index (χ1n) is 8.57. The van der Waals surface area contributed by atoms with E-state index in [4.69, 9.17) is 4.74 Å². The molecule has 24 heavy (non-hydrogen) atoms. The first-order valence-corrected chi connectivity index (χ1v) is 8.57. The number of para-hydroxylation sites is 1. The molecule has 5 nitrogen and oxygen atoms in total. The lowest BCUT2D eigenvalue weighted by Gasteiger charge is -2.37. The fourth-order valence-electron chi connectivity index (χ4n) is 4.18. The zero-order chi connectivity index (χ0) is 17.7. The van der Waals surface area contributed by atoms with Crippen LogP contribution in [0.1, 0.15) is 46.6 Å². The minimum Gasteiger partial charge on any atom is -0.444 e. The van der Waals surface area contributed by atoms with E-state index in [1.807, 2.05) is 45.0 Å². The average Bonchev–Trinajstić information content (AvgIpc) is 2.99. The summed E-state index contributed by atoms with van der Waals surface area (Å²) in [5.74, 6) is 0.130. The van der Waals surface area contributed by atoms with Gasteiger partial charge in [-0.25, -0.2) is 4.79 Å². The summed E-state index contributed by atoms with van der Waals surface area (Å²) in [7, 11) is 0. The third-order valence-electron chi connectivity index (χ3n) is 4.91. The Bertz CT molecular complexity index is 677. The summed E-state index contributed by atoms with van der Waals surface area (Å²) in [5.41, 5.74) is 0.630. The number of benzene rings is 1. The largest absolute Gasteiger partial charge is 0.444 e. The van der Waals surface area contributed by atoms with Crippen molar-refractivity contribution >= 4 is 17.7 Å². The number of carbonyl (C=O) groups is 2. The van der Waals surface area contributed by atoms with Crippen LogP contribution < -0.4 is 5.32 Å². The molecule has 2 amide bonds. The van der Waals surface area contributed by atoms with E-state index in [9.17, 15) is 9.59 Å². The van der Waals surface area contributed by atoms with Crippen LogP contribution in [0.2, 0.25) is 0 Å². The molecule has 0 saturated carbocycles. The standard InChI is InChI=1S/C19H26N2O3/c1-12(2)15-19(10-11-21(15)17(23)24-18(3,4)5)13-8-6-7-9-14(13)20-16(19)22/h6-9,12,15H,10-11H2,1-5H3,(H,20,22)/t15-,19-/m0/s1. The number of anilines is 1. The van der Waals surface area contributed by atoms with Gasteiger partial charge in [-0.15, -0.1) is 0 Å². The number of nitrogens with zero attached hydrogens (tertiary/aromatic N) is 1. The van der Waals surface area contributed by atoms with Crippen molar-refractivity contribution in [3.8, 4) is 0 Å². The van der Waals surface area contributed by atoms with Gasteiger partial charge in [0.2, 0.25) is 5.91 Å². The number of rotatable bonds is 1. The van der Waals surface area contributed by atoms with E-state index in [-0.39, 0.29) is 24.0 Å². The molecule has 0 unspecified atom stereocenters. The molecular formula is C19H26N2O3. The lowest BCUT2D eigenvalue weighted by atomic mass is 9.71. The molecule has 0 aliphatic carbocycles. The van der Waals surface area contributed by atoms with E-state index >= 15 is 0 Å². The summed E-state index contributed by atoms with van der Waals surface area (Å²) in [6.07, 6.45) is 0.285. The Morgan fingerprint density at radius 2 is 2.00 bits per heavy atom. The predicted octanol–water partition coefficient (Wildman–Crippen LogP) is 3.54. The lowest BCUT2D eigenvalue weighted by molar-refractivity contribution is -0.122. The second-order valence-electron chi connectivity index (χ2n) is 8.08. The van der Waals surface area contributed by atoms with Crippen LogP contribution in [-0.4, -0.2) is 35.1 Å². The Kier molecular flexibility index (Phi) is 3.85. The summed E-state index contributed by atoms with van der Waals surface area (Å²) < 4.78 is 5.58. The van der Waals surface area contributed by atoms with E-state index in [0.29, 0.717) is 13.0 Å². The van der Waals surface area contributed by atoms with Gasteiger partial charge >= 0.3 is 6.09 Å². The molecule has 5 heteroatoms. The van der Waals surface area contributed by atoms with E-state index < -0.39 is 11.0 Å². The third-order valence-corrected chi connectivity index (χ3v) is 4.91. The van der Waals surface area contributed by atoms with Gasteiger partial charge < -0.3 is 15.0 Å². The van der Waals surface area contributed by atoms with Crippen LogP contribution in [0.15, 0.2) is 24.3 Å². The highest BCUT2D eigenvalue weighted by Crippen LogP contribution is 2.50. The topological polar surface area (TPSA) is 58.6 Å². The number of hydrogen-bond acceptors (Lipinski definition) is 3. The molecule has 0 bridgehead atoms. The molecule has 0 radical (unpaired) electrons. The van der Waals surface area contributed by atoms with Crippen LogP contribution in [0.4, 0.5) is 10.5 Å². The molecule has 1 saturated heterocycles. The van der Waals surface area contributed by atoms with Gasteiger partial charge in [0.25, 0.3) is 0 Å². The smallest absolute Gasteiger partial charge is 0.410 e. The molecule has 2 aliphatic rings. The Hall–Kier alpha value is -2.04. The van der Waals surface area contributed by atoms with E-state index in [1.54, 1.807) is 4.90 Å².